The number of thiocarbonyl (C=S) groups is 1. The molecule has 1 aliphatic heterocycles. The number of benzene rings is 1. The highest BCUT2D eigenvalue weighted by molar-refractivity contribution is 7.80. The van der Waals surface area contributed by atoms with Crippen molar-refractivity contribution in [3.63, 3.8) is 0 Å². The van der Waals surface area contributed by atoms with Gasteiger partial charge in [-0.3, -0.25) is 14.5 Å². The first kappa shape index (κ1) is 13.5. The number of anilines is 1. The predicted octanol–water partition coefficient (Wildman–Crippen LogP) is 1.53. The number of aliphatic carboxylic acids is 1. The SMILES string of the molecule is C[C@]1(CCC(=O)O)NC(=S)N(c2ccccc2)C1=O. The van der Waals surface area contributed by atoms with Crippen LogP contribution in [0, 0.1) is 0 Å². The van der Waals surface area contributed by atoms with E-state index in [1.807, 2.05) is 18.2 Å². The summed E-state index contributed by atoms with van der Waals surface area (Å²) in [4.78, 5) is 24.5. The summed E-state index contributed by atoms with van der Waals surface area (Å²) < 4.78 is 0. The summed E-state index contributed by atoms with van der Waals surface area (Å²) in [5.74, 6) is -1.15. The minimum Gasteiger partial charge on any atom is -0.481 e. The lowest BCUT2D eigenvalue weighted by Crippen LogP contribution is -2.44. The van der Waals surface area contributed by atoms with Gasteiger partial charge in [0.2, 0.25) is 0 Å². The van der Waals surface area contributed by atoms with Gasteiger partial charge in [-0.2, -0.15) is 0 Å². The highest BCUT2D eigenvalue weighted by Gasteiger charge is 2.46. The zero-order valence-electron chi connectivity index (χ0n) is 10.4. The number of para-hydroxylation sites is 1. The van der Waals surface area contributed by atoms with Crippen LogP contribution in [0.15, 0.2) is 30.3 Å². The zero-order chi connectivity index (χ0) is 14.0. The van der Waals surface area contributed by atoms with Crippen molar-refractivity contribution in [1.29, 1.82) is 0 Å². The van der Waals surface area contributed by atoms with Gasteiger partial charge in [0.15, 0.2) is 5.11 Å². The molecular formula is C13H14N2O3S. The molecule has 0 radical (unpaired) electrons. The molecule has 1 fully saturated rings. The average molecular weight is 278 g/mol. The average Bonchev–Trinajstić information content (AvgIpc) is 2.59. The number of nitrogens with one attached hydrogen (secondary N) is 1. The number of carboxylic acid groups (broad SMARTS) is 1. The van der Waals surface area contributed by atoms with Gasteiger partial charge in [-0.1, -0.05) is 18.2 Å². The minimum atomic E-state index is -0.953. The lowest BCUT2D eigenvalue weighted by molar-refractivity contribution is -0.137. The first-order valence-corrected chi connectivity index (χ1v) is 6.28. The third-order valence-corrected chi connectivity index (χ3v) is 3.40. The molecule has 1 atom stereocenters. The van der Waals surface area contributed by atoms with Crippen molar-refractivity contribution >= 4 is 34.9 Å². The van der Waals surface area contributed by atoms with Crippen LogP contribution in [-0.2, 0) is 9.59 Å². The van der Waals surface area contributed by atoms with E-state index in [9.17, 15) is 9.59 Å². The Hall–Kier alpha value is -1.95. The van der Waals surface area contributed by atoms with Crippen molar-refractivity contribution in [3.05, 3.63) is 30.3 Å². The quantitative estimate of drug-likeness (QED) is 0.817. The molecule has 0 aromatic heterocycles. The molecule has 0 saturated carbocycles. The van der Waals surface area contributed by atoms with Crippen molar-refractivity contribution in [1.82, 2.24) is 5.32 Å². The standard InChI is InChI=1S/C13H14N2O3S/c1-13(8-7-10(16)17)11(18)15(12(19)14-13)9-5-3-2-4-6-9/h2-6H,7-8H2,1H3,(H,14,19)(H,16,17)/t13-/m1/s1. The Morgan fingerprint density at radius 1 is 1.42 bits per heavy atom. The molecule has 6 heteroatoms. The summed E-state index contributed by atoms with van der Waals surface area (Å²) >= 11 is 5.17. The van der Waals surface area contributed by atoms with Gasteiger partial charge in [0, 0.05) is 6.42 Å². The maximum absolute atomic E-state index is 12.4. The molecule has 0 spiro atoms. The molecule has 0 bridgehead atoms. The Balaban J connectivity index is 2.23. The van der Waals surface area contributed by atoms with Gasteiger partial charge < -0.3 is 10.4 Å². The van der Waals surface area contributed by atoms with E-state index in [1.54, 1.807) is 19.1 Å². The van der Waals surface area contributed by atoms with Crippen molar-refractivity contribution in [2.45, 2.75) is 25.3 Å². The van der Waals surface area contributed by atoms with Crippen LogP contribution in [0.4, 0.5) is 5.69 Å². The van der Waals surface area contributed by atoms with Crippen LogP contribution in [0.2, 0.25) is 0 Å². The molecule has 2 N–H and O–H groups in total. The van der Waals surface area contributed by atoms with Crippen molar-refractivity contribution in [3.8, 4) is 0 Å². The number of carbonyl (C=O) groups is 2. The van der Waals surface area contributed by atoms with Crippen molar-refractivity contribution in [2.75, 3.05) is 4.90 Å². The van der Waals surface area contributed by atoms with Crippen LogP contribution in [-0.4, -0.2) is 27.6 Å². The van der Waals surface area contributed by atoms with Crippen LogP contribution in [0.1, 0.15) is 19.8 Å². The van der Waals surface area contributed by atoms with Gasteiger partial charge in [0.25, 0.3) is 5.91 Å². The first-order chi connectivity index (χ1) is 8.94. The summed E-state index contributed by atoms with van der Waals surface area (Å²) in [7, 11) is 0. The topological polar surface area (TPSA) is 69.6 Å². The molecule has 1 saturated heterocycles. The third kappa shape index (κ3) is 2.58. The van der Waals surface area contributed by atoms with E-state index in [0.29, 0.717) is 10.8 Å². The van der Waals surface area contributed by atoms with E-state index in [4.69, 9.17) is 17.3 Å². The molecule has 19 heavy (non-hydrogen) atoms. The van der Waals surface area contributed by atoms with Crippen molar-refractivity contribution in [2.24, 2.45) is 0 Å². The fourth-order valence-corrected chi connectivity index (χ4v) is 2.44. The van der Waals surface area contributed by atoms with Crippen LogP contribution in [0.25, 0.3) is 0 Å². The fourth-order valence-electron chi connectivity index (χ4n) is 2.02. The monoisotopic (exact) mass is 278 g/mol. The Labute approximate surface area is 116 Å². The van der Waals surface area contributed by atoms with Gasteiger partial charge in [-0.25, -0.2) is 0 Å². The number of hydrogen-bond acceptors (Lipinski definition) is 3. The summed E-state index contributed by atoms with van der Waals surface area (Å²) in [6.07, 6.45) is 0.116. The van der Waals surface area contributed by atoms with Gasteiger partial charge in [0.1, 0.15) is 5.54 Å². The number of carbonyl (C=O) groups excluding carboxylic acids is 1. The second-order valence-electron chi connectivity index (χ2n) is 4.63. The molecule has 5 nitrogen and oxygen atoms in total. The van der Waals surface area contributed by atoms with Gasteiger partial charge >= 0.3 is 5.97 Å². The summed E-state index contributed by atoms with van der Waals surface area (Å²) in [6.45, 7) is 1.67. The minimum absolute atomic E-state index is 0.0829. The molecule has 1 aromatic carbocycles. The first-order valence-electron chi connectivity index (χ1n) is 5.87. The van der Waals surface area contributed by atoms with Gasteiger partial charge in [-0.15, -0.1) is 0 Å². The summed E-state index contributed by atoms with van der Waals surface area (Å²) in [5, 5.41) is 12.0. The Kier molecular flexibility index (Phi) is 3.53. The highest BCUT2D eigenvalue weighted by atomic mass is 32.1. The predicted molar refractivity (Wildman–Crippen MR) is 74.9 cm³/mol. The molecule has 1 aliphatic rings. The second-order valence-corrected chi connectivity index (χ2v) is 5.02. The number of hydrogen-bond donors (Lipinski definition) is 2. The van der Waals surface area contributed by atoms with E-state index in [2.05, 4.69) is 5.32 Å². The number of carboxylic acids is 1. The van der Waals surface area contributed by atoms with Crippen molar-refractivity contribution < 1.29 is 14.7 Å². The summed E-state index contributed by atoms with van der Waals surface area (Å²) in [6, 6.07) is 9.06. The van der Waals surface area contributed by atoms with E-state index in [1.165, 1.54) is 4.90 Å². The lowest BCUT2D eigenvalue weighted by Gasteiger charge is -2.21. The Bertz CT molecular complexity index is 532. The van der Waals surface area contributed by atoms with Crippen LogP contribution in [0.5, 0.6) is 0 Å². The molecule has 0 aliphatic carbocycles. The van der Waals surface area contributed by atoms with E-state index >= 15 is 0 Å². The van der Waals surface area contributed by atoms with Gasteiger partial charge in [-0.05, 0) is 37.7 Å². The molecule has 1 heterocycles. The molecule has 100 valence electrons. The number of amides is 1. The Morgan fingerprint density at radius 3 is 2.63 bits per heavy atom. The summed E-state index contributed by atoms with van der Waals surface area (Å²) in [5.41, 5.74) is -0.269. The van der Waals surface area contributed by atoms with Crippen LogP contribution >= 0.6 is 12.2 Å². The van der Waals surface area contributed by atoms with Crippen LogP contribution < -0.4 is 10.2 Å². The lowest BCUT2D eigenvalue weighted by atomic mass is 9.96. The largest absolute Gasteiger partial charge is 0.481 e. The van der Waals surface area contributed by atoms with Gasteiger partial charge in [0.05, 0.1) is 5.69 Å². The normalized spacial score (nSPS) is 22.5. The smallest absolute Gasteiger partial charge is 0.303 e. The van der Waals surface area contributed by atoms with E-state index in [-0.39, 0.29) is 18.7 Å². The van der Waals surface area contributed by atoms with Crippen LogP contribution in [0.3, 0.4) is 0 Å². The number of rotatable bonds is 4. The zero-order valence-corrected chi connectivity index (χ0v) is 11.2. The molecule has 1 amide bonds. The molecular weight excluding hydrogens is 264 g/mol. The maximum Gasteiger partial charge on any atom is 0.303 e. The highest BCUT2D eigenvalue weighted by Crippen LogP contribution is 2.27. The van der Waals surface area contributed by atoms with E-state index in [0.717, 1.165) is 0 Å². The molecule has 0 unspecified atom stereocenters. The fraction of sp³-hybridized carbons (Fsp3) is 0.308. The second kappa shape index (κ2) is 4.97. The number of nitrogens with zero attached hydrogens (tertiary/aromatic N) is 1. The molecule has 2 rings (SSSR count). The Morgan fingerprint density at radius 2 is 2.05 bits per heavy atom. The third-order valence-electron chi connectivity index (χ3n) is 3.11. The van der Waals surface area contributed by atoms with E-state index < -0.39 is 11.5 Å². The maximum atomic E-state index is 12.4. The molecule has 1 aromatic rings.